The Bertz CT molecular complexity index is 320. The summed E-state index contributed by atoms with van der Waals surface area (Å²) in [6.07, 6.45) is 2.26. The van der Waals surface area contributed by atoms with Crippen LogP contribution in [0.15, 0.2) is 24.3 Å². The molecule has 0 saturated heterocycles. The third-order valence-corrected chi connectivity index (χ3v) is 3.67. The molecule has 96 valence electrons. The van der Waals surface area contributed by atoms with E-state index in [1.165, 1.54) is 12.0 Å². The third-order valence-electron chi connectivity index (χ3n) is 3.67. The monoisotopic (exact) mass is 235 g/mol. The van der Waals surface area contributed by atoms with Crippen molar-refractivity contribution in [1.82, 2.24) is 5.32 Å². The SMILES string of the molecule is CCC(NC(C)C(C)CC)c1ccc(O)cc1. The first kappa shape index (κ1) is 14.0. The molecule has 0 aromatic heterocycles. The van der Waals surface area contributed by atoms with Crippen molar-refractivity contribution in [1.29, 1.82) is 0 Å². The van der Waals surface area contributed by atoms with Crippen molar-refractivity contribution in [3.63, 3.8) is 0 Å². The van der Waals surface area contributed by atoms with Gasteiger partial charge in [-0.3, -0.25) is 0 Å². The van der Waals surface area contributed by atoms with E-state index in [4.69, 9.17) is 0 Å². The van der Waals surface area contributed by atoms with Gasteiger partial charge in [0.1, 0.15) is 5.75 Å². The van der Waals surface area contributed by atoms with Gasteiger partial charge in [-0.25, -0.2) is 0 Å². The van der Waals surface area contributed by atoms with Crippen LogP contribution in [0.25, 0.3) is 0 Å². The number of aromatic hydroxyl groups is 1. The zero-order valence-corrected chi connectivity index (χ0v) is 11.4. The van der Waals surface area contributed by atoms with Crippen molar-refractivity contribution in [3.8, 4) is 5.75 Å². The molecule has 1 aromatic rings. The molecule has 0 fully saturated rings. The van der Waals surface area contributed by atoms with Crippen molar-refractivity contribution in [3.05, 3.63) is 29.8 Å². The van der Waals surface area contributed by atoms with E-state index in [0.29, 0.717) is 23.8 Å². The van der Waals surface area contributed by atoms with Crippen LogP contribution < -0.4 is 5.32 Å². The van der Waals surface area contributed by atoms with Crippen LogP contribution in [0.3, 0.4) is 0 Å². The van der Waals surface area contributed by atoms with Gasteiger partial charge < -0.3 is 10.4 Å². The Labute approximate surface area is 105 Å². The maximum Gasteiger partial charge on any atom is 0.115 e. The highest BCUT2D eigenvalue weighted by Crippen LogP contribution is 2.21. The van der Waals surface area contributed by atoms with Crippen molar-refractivity contribution in [2.24, 2.45) is 5.92 Å². The van der Waals surface area contributed by atoms with Crippen LogP contribution in [-0.4, -0.2) is 11.1 Å². The fourth-order valence-electron chi connectivity index (χ4n) is 1.99. The Morgan fingerprint density at radius 3 is 2.12 bits per heavy atom. The highest BCUT2D eigenvalue weighted by atomic mass is 16.3. The Morgan fingerprint density at radius 1 is 1.06 bits per heavy atom. The van der Waals surface area contributed by atoms with Crippen molar-refractivity contribution < 1.29 is 5.11 Å². The second kappa shape index (κ2) is 6.65. The predicted octanol–water partition coefficient (Wildman–Crippen LogP) is 3.87. The molecule has 0 aliphatic heterocycles. The van der Waals surface area contributed by atoms with Crippen molar-refractivity contribution in [2.45, 2.75) is 52.6 Å². The van der Waals surface area contributed by atoms with E-state index < -0.39 is 0 Å². The number of phenolic OH excluding ortho intramolecular Hbond substituents is 1. The maximum atomic E-state index is 9.30. The minimum atomic E-state index is 0.332. The van der Waals surface area contributed by atoms with Gasteiger partial charge in [-0.05, 0) is 37.0 Å². The first-order valence-electron chi connectivity index (χ1n) is 6.63. The smallest absolute Gasteiger partial charge is 0.115 e. The van der Waals surface area contributed by atoms with Crippen LogP contribution >= 0.6 is 0 Å². The Morgan fingerprint density at radius 2 is 1.65 bits per heavy atom. The molecule has 1 aromatic carbocycles. The normalized spacial score (nSPS) is 16.5. The molecule has 2 nitrogen and oxygen atoms in total. The molecule has 2 heteroatoms. The molecule has 0 saturated carbocycles. The van der Waals surface area contributed by atoms with Gasteiger partial charge in [-0.1, -0.05) is 39.3 Å². The molecule has 17 heavy (non-hydrogen) atoms. The number of hydrogen-bond donors (Lipinski definition) is 2. The van der Waals surface area contributed by atoms with E-state index in [1.807, 2.05) is 12.1 Å². The summed E-state index contributed by atoms with van der Waals surface area (Å²) >= 11 is 0. The minimum Gasteiger partial charge on any atom is -0.508 e. The van der Waals surface area contributed by atoms with Gasteiger partial charge in [0.25, 0.3) is 0 Å². The summed E-state index contributed by atoms with van der Waals surface area (Å²) in [6.45, 7) is 8.94. The average Bonchev–Trinajstić information content (AvgIpc) is 2.35. The lowest BCUT2D eigenvalue weighted by Gasteiger charge is -2.26. The zero-order chi connectivity index (χ0) is 12.8. The molecule has 0 aliphatic rings. The zero-order valence-electron chi connectivity index (χ0n) is 11.4. The summed E-state index contributed by atoms with van der Waals surface area (Å²) in [4.78, 5) is 0. The molecular formula is C15H25NO. The van der Waals surface area contributed by atoms with Gasteiger partial charge >= 0.3 is 0 Å². The number of rotatable bonds is 6. The Kier molecular flexibility index (Phi) is 5.49. The molecular weight excluding hydrogens is 210 g/mol. The lowest BCUT2D eigenvalue weighted by molar-refractivity contribution is 0.345. The molecule has 0 amide bonds. The molecule has 0 heterocycles. The van der Waals surface area contributed by atoms with Crippen LogP contribution in [0, 0.1) is 5.92 Å². The number of phenols is 1. The van der Waals surface area contributed by atoms with Gasteiger partial charge in [0.05, 0.1) is 0 Å². The highest BCUT2D eigenvalue weighted by Gasteiger charge is 2.15. The molecule has 0 bridgehead atoms. The standard InChI is InChI=1S/C15H25NO/c1-5-11(3)12(4)16-15(6-2)13-7-9-14(17)10-8-13/h7-12,15-17H,5-6H2,1-4H3. The van der Waals surface area contributed by atoms with E-state index in [0.717, 1.165) is 6.42 Å². The highest BCUT2D eigenvalue weighted by molar-refractivity contribution is 5.28. The summed E-state index contributed by atoms with van der Waals surface area (Å²) < 4.78 is 0. The first-order valence-corrected chi connectivity index (χ1v) is 6.63. The number of hydrogen-bond acceptors (Lipinski definition) is 2. The van der Waals surface area contributed by atoms with Gasteiger partial charge in [0, 0.05) is 12.1 Å². The average molecular weight is 235 g/mol. The summed E-state index contributed by atoms with van der Waals surface area (Å²) in [5.74, 6) is 1.01. The molecule has 1 rings (SSSR count). The van der Waals surface area contributed by atoms with Crippen LogP contribution in [0.1, 0.15) is 52.1 Å². The van der Waals surface area contributed by atoms with E-state index in [9.17, 15) is 5.11 Å². The fraction of sp³-hybridized carbons (Fsp3) is 0.600. The van der Waals surface area contributed by atoms with E-state index in [1.54, 1.807) is 12.1 Å². The third kappa shape index (κ3) is 4.04. The quantitative estimate of drug-likeness (QED) is 0.784. The van der Waals surface area contributed by atoms with Gasteiger partial charge in [0.2, 0.25) is 0 Å². The van der Waals surface area contributed by atoms with Crippen molar-refractivity contribution in [2.75, 3.05) is 0 Å². The molecule has 0 spiro atoms. The predicted molar refractivity (Wildman–Crippen MR) is 73.2 cm³/mol. The summed E-state index contributed by atoms with van der Waals surface area (Å²) in [5, 5.41) is 13.0. The second-order valence-electron chi connectivity index (χ2n) is 4.89. The van der Waals surface area contributed by atoms with Gasteiger partial charge in [-0.15, -0.1) is 0 Å². The Balaban J connectivity index is 2.68. The minimum absolute atomic E-state index is 0.332. The fourth-order valence-corrected chi connectivity index (χ4v) is 1.99. The lowest BCUT2D eigenvalue weighted by Crippen LogP contribution is -2.34. The number of nitrogens with one attached hydrogen (secondary N) is 1. The topological polar surface area (TPSA) is 32.3 Å². The second-order valence-corrected chi connectivity index (χ2v) is 4.89. The van der Waals surface area contributed by atoms with E-state index >= 15 is 0 Å². The lowest BCUT2D eigenvalue weighted by atomic mass is 9.97. The molecule has 3 atom stereocenters. The number of benzene rings is 1. The van der Waals surface area contributed by atoms with Crippen LogP contribution in [0.4, 0.5) is 0 Å². The largest absolute Gasteiger partial charge is 0.508 e. The summed E-state index contributed by atoms with van der Waals surface area (Å²) in [6, 6.07) is 8.40. The van der Waals surface area contributed by atoms with E-state index in [2.05, 4.69) is 33.0 Å². The van der Waals surface area contributed by atoms with Gasteiger partial charge in [-0.2, -0.15) is 0 Å². The Hall–Kier alpha value is -1.02. The first-order chi connectivity index (χ1) is 8.08. The van der Waals surface area contributed by atoms with Crippen LogP contribution in [-0.2, 0) is 0 Å². The van der Waals surface area contributed by atoms with Crippen LogP contribution in [0.5, 0.6) is 5.75 Å². The van der Waals surface area contributed by atoms with Gasteiger partial charge in [0.15, 0.2) is 0 Å². The van der Waals surface area contributed by atoms with E-state index in [-0.39, 0.29) is 0 Å². The summed E-state index contributed by atoms with van der Waals surface area (Å²) in [5.41, 5.74) is 1.25. The molecule has 0 aliphatic carbocycles. The van der Waals surface area contributed by atoms with Crippen LogP contribution in [0.2, 0.25) is 0 Å². The maximum absolute atomic E-state index is 9.30. The summed E-state index contributed by atoms with van der Waals surface area (Å²) in [7, 11) is 0. The van der Waals surface area contributed by atoms with Crippen molar-refractivity contribution >= 4 is 0 Å². The molecule has 2 N–H and O–H groups in total. The molecule has 0 radical (unpaired) electrons. The molecule has 3 unspecified atom stereocenters.